The predicted molar refractivity (Wildman–Crippen MR) is 110 cm³/mol. The van der Waals surface area contributed by atoms with Gasteiger partial charge in [-0.3, -0.25) is 19.8 Å². The molecule has 8 nitrogen and oxygen atoms in total. The fourth-order valence-electron chi connectivity index (χ4n) is 4.70. The molecule has 2 unspecified atom stereocenters. The van der Waals surface area contributed by atoms with Crippen LogP contribution < -0.4 is 0 Å². The lowest BCUT2D eigenvalue weighted by Crippen LogP contribution is -2.48. The number of aromatic nitrogens is 1. The van der Waals surface area contributed by atoms with Crippen molar-refractivity contribution in [2.75, 3.05) is 32.7 Å². The van der Waals surface area contributed by atoms with Gasteiger partial charge in [-0.2, -0.15) is 0 Å². The summed E-state index contributed by atoms with van der Waals surface area (Å²) in [5.41, 5.74) is 0.823. The Morgan fingerprint density at radius 1 is 1.24 bits per heavy atom. The number of amides is 1. The summed E-state index contributed by atoms with van der Waals surface area (Å²) in [6.07, 6.45) is 2.50. The van der Waals surface area contributed by atoms with Crippen molar-refractivity contribution in [2.45, 2.75) is 38.9 Å². The molecule has 0 aliphatic carbocycles. The number of piperidine rings is 1. The number of para-hydroxylation sites is 1. The third kappa shape index (κ3) is 4.28. The Hall–Kier alpha value is -2.45. The first-order chi connectivity index (χ1) is 13.9. The Kier molecular flexibility index (Phi) is 5.56. The number of nitro groups is 1. The average molecular weight is 400 g/mol. The van der Waals surface area contributed by atoms with Gasteiger partial charge in [0.05, 0.1) is 17.1 Å². The van der Waals surface area contributed by atoms with Gasteiger partial charge < -0.3 is 14.6 Å². The van der Waals surface area contributed by atoms with E-state index in [9.17, 15) is 14.9 Å². The highest BCUT2D eigenvalue weighted by atomic mass is 16.6. The molecule has 1 N–H and O–H groups in total. The van der Waals surface area contributed by atoms with Crippen LogP contribution in [0.4, 0.5) is 5.69 Å². The van der Waals surface area contributed by atoms with Crippen LogP contribution in [0.5, 0.6) is 0 Å². The summed E-state index contributed by atoms with van der Waals surface area (Å²) in [7, 11) is 0. The van der Waals surface area contributed by atoms with Gasteiger partial charge in [0.1, 0.15) is 11.2 Å². The summed E-state index contributed by atoms with van der Waals surface area (Å²) in [5, 5.41) is 11.9. The van der Waals surface area contributed by atoms with Crippen molar-refractivity contribution < 1.29 is 14.5 Å². The van der Waals surface area contributed by atoms with Crippen molar-refractivity contribution >= 4 is 22.5 Å². The third-order valence-corrected chi connectivity index (χ3v) is 5.97. The number of non-ortho nitro benzene ring substituents is 1. The number of H-pyrrole nitrogens is 1. The lowest BCUT2D eigenvalue weighted by atomic mass is 9.95. The Bertz CT molecular complexity index is 893. The van der Waals surface area contributed by atoms with Gasteiger partial charge in [0.25, 0.3) is 11.6 Å². The summed E-state index contributed by atoms with van der Waals surface area (Å²) in [5.74, 6) is 0.503. The highest BCUT2D eigenvalue weighted by molar-refractivity contribution is 6.00. The maximum atomic E-state index is 12.9. The molecule has 3 heterocycles. The van der Waals surface area contributed by atoms with Crippen LogP contribution in [0.15, 0.2) is 24.3 Å². The molecule has 2 fully saturated rings. The van der Waals surface area contributed by atoms with E-state index < -0.39 is 4.92 Å². The topological polar surface area (TPSA) is 91.7 Å². The van der Waals surface area contributed by atoms with E-state index in [-0.39, 0.29) is 23.8 Å². The van der Waals surface area contributed by atoms with Crippen LogP contribution in [0, 0.1) is 16.0 Å². The minimum atomic E-state index is -0.425. The second kappa shape index (κ2) is 8.12. The monoisotopic (exact) mass is 400 g/mol. The van der Waals surface area contributed by atoms with E-state index in [0.717, 1.165) is 45.6 Å². The third-order valence-electron chi connectivity index (χ3n) is 5.97. The largest absolute Gasteiger partial charge is 0.373 e. The van der Waals surface area contributed by atoms with Crippen molar-refractivity contribution in [1.82, 2.24) is 14.8 Å². The van der Waals surface area contributed by atoms with Gasteiger partial charge >= 0.3 is 0 Å². The Morgan fingerprint density at radius 2 is 1.93 bits per heavy atom. The molecule has 1 aromatic carbocycles. The lowest BCUT2D eigenvalue weighted by molar-refractivity contribution is -0.383. The first-order valence-corrected chi connectivity index (χ1v) is 10.3. The van der Waals surface area contributed by atoms with E-state index in [1.807, 2.05) is 4.90 Å². The van der Waals surface area contributed by atoms with E-state index >= 15 is 0 Å². The lowest BCUT2D eigenvalue weighted by Gasteiger charge is -2.39. The first-order valence-electron chi connectivity index (χ1n) is 10.3. The zero-order chi connectivity index (χ0) is 20.5. The SMILES string of the molecule is CC1CN(CC2CCN(C(=O)c3cc4cccc([N+](=O)[O-])c4[nH]3)CC2)CC(C)O1. The number of rotatable bonds is 4. The maximum Gasteiger partial charge on any atom is 0.293 e. The normalized spacial score (nSPS) is 24.1. The minimum Gasteiger partial charge on any atom is -0.373 e. The van der Waals surface area contributed by atoms with Crippen LogP contribution in [0.1, 0.15) is 37.2 Å². The number of hydrogen-bond acceptors (Lipinski definition) is 5. The molecule has 2 aliphatic heterocycles. The standard InChI is InChI=1S/C21H28N4O4/c1-14-11-23(12-15(2)29-14)13-16-6-8-24(9-7-16)21(26)18-10-17-4-3-5-19(25(27)28)20(17)22-18/h3-5,10,14-16,22H,6-9,11-13H2,1-2H3. The van der Waals surface area contributed by atoms with Crippen LogP contribution in [0.3, 0.4) is 0 Å². The van der Waals surface area contributed by atoms with Crippen LogP contribution in [-0.4, -0.2) is 70.5 Å². The number of carbonyl (C=O) groups excluding carboxylic acids is 1. The highest BCUT2D eigenvalue weighted by Crippen LogP contribution is 2.27. The van der Waals surface area contributed by atoms with Crippen LogP contribution >= 0.6 is 0 Å². The molecule has 0 bridgehead atoms. The molecule has 29 heavy (non-hydrogen) atoms. The molecule has 1 amide bonds. The number of aromatic amines is 1. The van der Waals surface area contributed by atoms with Crippen molar-refractivity contribution in [3.8, 4) is 0 Å². The van der Waals surface area contributed by atoms with Crippen molar-refractivity contribution in [3.63, 3.8) is 0 Å². The van der Waals surface area contributed by atoms with Gasteiger partial charge in [-0.15, -0.1) is 0 Å². The van der Waals surface area contributed by atoms with Gasteiger partial charge in [0.2, 0.25) is 0 Å². The fourth-order valence-corrected chi connectivity index (χ4v) is 4.70. The number of nitrogens with zero attached hydrogens (tertiary/aromatic N) is 3. The van der Waals surface area contributed by atoms with Crippen molar-refractivity contribution in [2.24, 2.45) is 5.92 Å². The highest BCUT2D eigenvalue weighted by Gasteiger charge is 2.29. The Morgan fingerprint density at radius 3 is 2.59 bits per heavy atom. The number of hydrogen-bond donors (Lipinski definition) is 1. The molecule has 0 radical (unpaired) electrons. The molecular formula is C21H28N4O4. The van der Waals surface area contributed by atoms with Crippen molar-refractivity contribution in [3.05, 3.63) is 40.1 Å². The van der Waals surface area contributed by atoms with Crippen LogP contribution in [-0.2, 0) is 4.74 Å². The van der Waals surface area contributed by atoms with E-state index in [4.69, 9.17) is 4.74 Å². The van der Waals surface area contributed by atoms with Gasteiger partial charge in [0.15, 0.2) is 0 Å². The van der Waals surface area contributed by atoms with Gasteiger partial charge in [0, 0.05) is 44.2 Å². The molecule has 4 rings (SSSR count). The number of benzene rings is 1. The molecular weight excluding hydrogens is 372 g/mol. The quantitative estimate of drug-likeness (QED) is 0.629. The predicted octanol–water partition coefficient (Wildman–Crippen LogP) is 3.04. The summed E-state index contributed by atoms with van der Waals surface area (Å²) < 4.78 is 5.81. The first kappa shape index (κ1) is 19.8. The van der Waals surface area contributed by atoms with E-state index in [1.165, 1.54) is 6.07 Å². The molecule has 2 saturated heterocycles. The van der Waals surface area contributed by atoms with Crippen molar-refractivity contribution in [1.29, 1.82) is 0 Å². The van der Waals surface area contributed by atoms with Crippen LogP contribution in [0.25, 0.3) is 10.9 Å². The number of fused-ring (bicyclic) bond motifs is 1. The molecule has 8 heteroatoms. The summed E-state index contributed by atoms with van der Waals surface area (Å²) >= 11 is 0. The molecule has 2 aliphatic rings. The van der Waals surface area contributed by atoms with E-state index in [0.29, 0.717) is 22.5 Å². The number of ether oxygens (including phenoxy) is 1. The smallest absolute Gasteiger partial charge is 0.293 e. The Balaban J connectivity index is 1.37. The molecule has 2 atom stereocenters. The molecule has 1 aromatic heterocycles. The molecule has 2 aromatic rings. The zero-order valence-corrected chi connectivity index (χ0v) is 17.0. The fraction of sp³-hybridized carbons (Fsp3) is 0.571. The second-order valence-corrected chi connectivity index (χ2v) is 8.39. The molecule has 0 spiro atoms. The zero-order valence-electron chi connectivity index (χ0n) is 17.0. The second-order valence-electron chi connectivity index (χ2n) is 8.39. The van der Waals surface area contributed by atoms with E-state index in [2.05, 4.69) is 23.7 Å². The van der Waals surface area contributed by atoms with Crippen LogP contribution in [0.2, 0.25) is 0 Å². The van der Waals surface area contributed by atoms with Gasteiger partial charge in [-0.25, -0.2) is 0 Å². The van der Waals surface area contributed by atoms with Gasteiger partial charge in [-0.1, -0.05) is 12.1 Å². The number of likely N-dealkylation sites (tertiary alicyclic amines) is 1. The molecule has 0 saturated carbocycles. The Labute approximate surface area is 170 Å². The summed E-state index contributed by atoms with van der Waals surface area (Å²) in [6, 6.07) is 6.59. The van der Waals surface area contributed by atoms with Gasteiger partial charge in [-0.05, 0) is 38.7 Å². The minimum absolute atomic E-state index is 0.00535. The summed E-state index contributed by atoms with van der Waals surface area (Å²) in [6.45, 7) is 8.67. The molecule has 156 valence electrons. The summed E-state index contributed by atoms with van der Waals surface area (Å²) in [4.78, 5) is 31.0. The average Bonchev–Trinajstić information content (AvgIpc) is 3.11. The maximum absolute atomic E-state index is 12.9. The number of carbonyl (C=O) groups is 1. The number of nitro benzene ring substituents is 1. The number of nitrogens with one attached hydrogen (secondary N) is 1. The van der Waals surface area contributed by atoms with E-state index in [1.54, 1.807) is 18.2 Å². The number of morpholine rings is 1.